The van der Waals surface area contributed by atoms with E-state index in [0.29, 0.717) is 18.9 Å². The van der Waals surface area contributed by atoms with Crippen molar-refractivity contribution in [2.24, 2.45) is 5.92 Å². The standard InChI is InChI=1S/C16H22N2O3/c1-11(13-6-7-13)18(2)16(21)17-9-8-12-4-3-5-14(10-12)15(19)20/h3-5,10-11,13H,6-9H2,1-2H3,(H,17,21)(H,19,20). The third-order valence-corrected chi connectivity index (χ3v) is 4.10. The van der Waals surface area contributed by atoms with Crippen molar-refractivity contribution in [3.8, 4) is 0 Å². The lowest BCUT2D eigenvalue weighted by molar-refractivity contribution is 0.0696. The van der Waals surface area contributed by atoms with Crippen LogP contribution in [0.2, 0.25) is 0 Å². The van der Waals surface area contributed by atoms with Crippen LogP contribution in [0.25, 0.3) is 0 Å². The van der Waals surface area contributed by atoms with E-state index in [-0.39, 0.29) is 17.6 Å². The Morgan fingerprint density at radius 1 is 1.43 bits per heavy atom. The van der Waals surface area contributed by atoms with E-state index in [1.54, 1.807) is 23.1 Å². The maximum Gasteiger partial charge on any atom is 0.335 e. The first-order valence-electron chi connectivity index (χ1n) is 7.32. The first-order valence-corrected chi connectivity index (χ1v) is 7.32. The number of carbonyl (C=O) groups excluding carboxylic acids is 1. The number of hydrogen-bond donors (Lipinski definition) is 2. The van der Waals surface area contributed by atoms with Crippen LogP contribution >= 0.6 is 0 Å². The summed E-state index contributed by atoms with van der Waals surface area (Å²) in [4.78, 5) is 24.7. The predicted molar refractivity (Wildman–Crippen MR) is 80.5 cm³/mol. The van der Waals surface area contributed by atoms with Crippen molar-refractivity contribution in [2.45, 2.75) is 32.2 Å². The highest BCUT2D eigenvalue weighted by Crippen LogP contribution is 2.34. The zero-order chi connectivity index (χ0) is 15.4. The van der Waals surface area contributed by atoms with Gasteiger partial charge in [0.25, 0.3) is 0 Å². The molecule has 2 N–H and O–H groups in total. The fraction of sp³-hybridized carbons (Fsp3) is 0.500. The second kappa shape index (κ2) is 6.61. The molecule has 1 fully saturated rings. The van der Waals surface area contributed by atoms with Gasteiger partial charge in [-0.3, -0.25) is 0 Å². The Morgan fingerprint density at radius 2 is 2.14 bits per heavy atom. The average molecular weight is 290 g/mol. The first kappa shape index (κ1) is 15.4. The molecule has 5 heteroatoms. The highest BCUT2D eigenvalue weighted by atomic mass is 16.4. The molecule has 0 aliphatic heterocycles. The molecule has 0 radical (unpaired) electrons. The van der Waals surface area contributed by atoms with Gasteiger partial charge in [0.2, 0.25) is 0 Å². The molecule has 0 bridgehead atoms. The Morgan fingerprint density at radius 3 is 2.76 bits per heavy atom. The largest absolute Gasteiger partial charge is 0.478 e. The molecule has 1 aliphatic rings. The summed E-state index contributed by atoms with van der Waals surface area (Å²) in [5, 5.41) is 11.8. The molecule has 2 rings (SSSR count). The van der Waals surface area contributed by atoms with Crippen LogP contribution in [0.15, 0.2) is 24.3 Å². The van der Waals surface area contributed by atoms with E-state index >= 15 is 0 Å². The molecule has 0 aromatic heterocycles. The topological polar surface area (TPSA) is 69.6 Å². The lowest BCUT2D eigenvalue weighted by atomic mass is 10.1. The van der Waals surface area contributed by atoms with E-state index in [1.807, 2.05) is 13.1 Å². The molecule has 1 saturated carbocycles. The van der Waals surface area contributed by atoms with E-state index in [4.69, 9.17) is 5.11 Å². The number of aromatic carboxylic acids is 1. The van der Waals surface area contributed by atoms with Crippen LogP contribution in [0.5, 0.6) is 0 Å². The monoisotopic (exact) mass is 290 g/mol. The van der Waals surface area contributed by atoms with Gasteiger partial charge in [-0.2, -0.15) is 0 Å². The minimum atomic E-state index is -0.932. The van der Waals surface area contributed by atoms with Crippen LogP contribution < -0.4 is 5.32 Å². The molecule has 1 atom stereocenters. The van der Waals surface area contributed by atoms with Crippen molar-refractivity contribution in [2.75, 3.05) is 13.6 Å². The fourth-order valence-corrected chi connectivity index (χ4v) is 2.38. The van der Waals surface area contributed by atoms with Gasteiger partial charge < -0.3 is 15.3 Å². The zero-order valence-electron chi connectivity index (χ0n) is 12.5. The van der Waals surface area contributed by atoms with Gasteiger partial charge in [-0.05, 0) is 49.8 Å². The molecule has 5 nitrogen and oxygen atoms in total. The predicted octanol–water partition coefficient (Wildman–Crippen LogP) is 2.37. The fourth-order valence-electron chi connectivity index (χ4n) is 2.38. The molecular formula is C16H22N2O3. The molecule has 0 heterocycles. The number of carboxylic acids is 1. The van der Waals surface area contributed by atoms with Crippen molar-refractivity contribution in [1.82, 2.24) is 10.2 Å². The molecule has 1 aromatic rings. The lowest BCUT2D eigenvalue weighted by Crippen LogP contribution is -2.43. The van der Waals surface area contributed by atoms with Crippen LogP contribution in [0, 0.1) is 5.92 Å². The summed E-state index contributed by atoms with van der Waals surface area (Å²) in [6.07, 6.45) is 3.04. The highest BCUT2D eigenvalue weighted by molar-refractivity contribution is 5.87. The third-order valence-electron chi connectivity index (χ3n) is 4.10. The summed E-state index contributed by atoms with van der Waals surface area (Å²) in [5.41, 5.74) is 1.19. The summed E-state index contributed by atoms with van der Waals surface area (Å²) < 4.78 is 0. The first-order chi connectivity index (χ1) is 9.99. The van der Waals surface area contributed by atoms with E-state index in [2.05, 4.69) is 12.2 Å². The molecule has 1 unspecified atom stereocenters. The van der Waals surface area contributed by atoms with Crippen molar-refractivity contribution in [3.63, 3.8) is 0 Å². The van der Waals surface area contributed by atoms with E-state index < -0.39 is 5.97 Å². The molecule has 1 aliphatic carbocycles. The minimum absolute atomic E-state index is 0.0659. The normalized spacial score (nSPS) is 15.3. The average Bonchev–Trinajstić information content (AvgIpc) is 3.30. The number of benzene rings is 1. The Hall–Kier alpha value is -2.04. The van der Waals surface area contributed by atoms with Crippen molar-refractivity contribution in [1.29, 1.82) is 0 Å². The maximum absolute atomic E-state index is 12.0. The Bertz CT molecular complexity index is 526. The van der Waals surface area contributed by atoms with Crippen LogP contribution in [0.4, 0.5) is 4.79 Å². The summed E-state index contributed by atoms with van der Waals surface area (Å²) in [6.45, 7) is 2.58. The molecule has 21 heavy (non-hydrogen) atoms. The van der Waals surface area contributed by atoms with Gasteiger partial charge in [-0.1, -0.05) is 12.1 Å². The van der Waals surface area contributed by atoms with E-state index in [1.165, 1.54) is 12.8 Å². The summed E-state index contributed by atoms with van der Waals surface area (Å²) in [6, 6.07) is 7.02. The number of carboxylic acid groups (broad SMARTS) is 1. The Kier molecular flexibility index (Phi) is 4.83. The molecule has 114 valence electrons. The van der Waals surface area contributed by atoms with Crippen LogP contribution in [0.1, 0.15) is 35.7 Å². The van der Waals surface area contributed by atoms with E-state index in [0.717, 1.165) is 5.56 Å². The quantitative estimate of drug-likeness (QED) is 0.845. The summed E-state index contributed by atoms with van der Waals surface area (Å²) >= 11 is 0. The van der Waals surface area contributed by atoms with Crippen molar-refractivity contribution in [3.05, 3.63) is 35.4 Å². The van der Waals surface area contributed by atoms with Crippen molar-refractivity contribution >= 4 is 12.0 Å². The minimum Gasteiger partial charge on any atom is -0.478 e. The Balaban J connectivity index is 1.79. The lowest BCUT2D eigenvalue weighted by Gasteiger charge is -2.25. The number of amides is 2. The number of hydrogen-bond acceptors (Lipinski definition) is 2. The van der Waals surface area contributed by atoms with Crippen molar-refractivity contribution < 1.29 is 14.7 Å². The zero-order valence-corrected chi connectivity index (χ0v) is 12.5. The number of nitrogens with zero attached hydrogens (tertiary/aromatic N) is 1. The van der Waals surface area contributed by atoms with Gasteiger partial charge in [0.05, 0.1) is 5.56 Å². The van der Waals surface area contributed by atoms with Crippen LogP contribution in [-0.2, 0) is 6.42 Å². The number of urea groups is 1. The van der Waals surface area contributed by atoms with Crippen LogP contribution in [0.3, 0.4) is 0 Å². The maximum atomic E-state index is 12.0. The second-order valence-electron chi connectivity index (χ2n) is 5.68. The van der Waals surface area contributed by atoms with Gasteiger partial charge in [0.1, 0.15) is 0 Å². The number of nitrogens with one attached hydrogen (secondary N) is 1. The van der Waals surface area contributed by atoms with Crippen LogP contribution in [-0.4, -0.2) is 41.6 Å². The van der Waals surface area contributed by atoms with Gasteiger partial charge in [0.15, 0.2) is 0 Å². The third kappa shape index (κ3) is 4.21. The molecule has 2 amide bonds. The Labute approximate surface area is 125 Å². The molecular weight excluding hydrogens is 268 g/mol. The van der Waals surface area contributed by atoms with E-state index in [9.17, 15) is 9.59 Å². The van der Waals surface area contributed by atoms with Gasteiger partial charge in [-0.25, -0.2) is 9.59 Å². The number of carbonyl (C=O) groups is 2. The van der Waals surface area contributed by atoms with Gasteiger partial charge in [-0.15, -0.1) is 0 Å². The smallest absolute Gasteiger partial charge is 0.335 e. The summed E-state index contributed by atoms with van der Waals surface area (Å²) in [5.74, 6) is -0.285. The SMILES string of the molecule is CC(C1CC1)N(C)C(=O)NCCc1cccc(C(=O)O)c1. The van der Waals surface area contributed by atoms with Gasteiger partial charge in [0, 0.05) is 19.6 Å². The number of rotatable bonds is 6. The van der Waals surface area contributed by atoms with Gasteiger partial charge >= 0.3 is 12.0 Å². The molecule has 0 spiro atoms. The summed E-state index contributed by atoms with van der Waals surface area (Å²) in [7, 11) is 1.82. The molecule has 1 aromatic carbocycles. The molecule has 0 saturated heterocycles. The highest BCUT2D eigenvalue weighted by Gasteiger charge is 2.32. The second-order valence-corrected chi connectivity index (χ2v) is 5.68.